The van der Waals surface area contributed by atoms with E-state index in [9.17, 15) is 0 Å². The molecule has 3 heteroatoms. The molecule has 0 saturated carbocycles. The Bertz CT molecular complexity index is 578. The van der Waals surface area contributed by atoms with Gasteiger partial charge in [-0.25, -0.2) is 0 Å². The minimum atomic E-state index is -1.91. The van der Waals surface area contributed by atoms with Gasteiger partial charge in [-0.05, 0) is 13.8 Å². The molecule has 0 aliphatic heterocycles. The van der Waals surface area contributed by atoms with E-state index in [4.69, 9.17) is 11.8 Å². The topological polar surface area (TPSA) is 3.24 Å². The highest BCUT2D eigenvalue weighted by molar-refractivity contribution is 8.20. The molecule has 0 unspecified atom stereocenters. The summed E-state index contributed by atoms with van der Waals surface area (Å²) in [6, 6.07) is 17.6. The number of benzene rings is 2. The maximum absolute atomic E-state index is 6.28. The first-order valence-corrected chi connectivity index (χ1v) is 10.3. The third kappa shape index (κ3) is 3.29. The van der Waals surface area contributed by atoms with Crippen LogP contribution in [0, 0.1) is 13.8 Å². The Labute approximate surface area is 134 Å². The van der Waals surface area contributed by atoms with Gasteiger partial charge in [0.05, 0.1) is 6.19 Å². The predicted molar refractivity (Wildman–Crippen MR) is 98.8 cm³/mol. The fraction of sp³-hybridized carbons (Fsp3) is 0.333. The molecule has 0 saturated heterocycles. The van der Waals surface area contributed by atoms with E-state index in [0.29, 0.717) is 0 Å². The molecule has 112 valence electrons. The fourth-order valence-corrected chi connectivity index (χ4v) is 6.87. The van der Waals surface area contributed by atoms with Crippen LogP contribution in [0.3, 0.4) is 0 Å². The molecule has 0 spiro atoms. The van der Waals surface area contributed by atoms with Crippen LogP contribution < -0.4 is 10.6 Å². The molecule has 0 aliphatic carbocycles. The van der Waals surface area contributed by atoms with E-state index in [0.717, 1.165) is 13.1 Å². The molecule has 1 nitrogen and oxygen atoms in total. The zero-order valence-electron chi connectivity index (χ0n) is 13.3. The van der Waals surface area contributed by atoms with Crippen molar-refractivity contribution >= 4 is 28.6 Å². The second-order valence-corrected chi connectivity index (χ2v) is 9.72. The Morgan fingerprint density at radius 1 is 0.762 bits per heavy atom. The minimum Gasteiger partial charge on any atom is -0.269 e. The van der Waals surface area contributed by atoms with Crippen LogP contribution in [0.1, 0.15) is 25.0 Å². The number of nitrogens with zero attached hydrogens (tertiary/aromatic N) is 1. The molecule has 0 fully saturated rings. The lowest BCUT2D eigenvalue weighted by molar-refractivity contribution is 0.513. The van der Waals surface area contributed by atoms with Crippen molar-refractivity contribution in [3.63, 3.8) is 0 Å². The molecule has 0 heterocycles. The predicted octanol–water partition coefficient (Wildman–Crippen LogP) is 3.99. The van der Waals surface area contributed by atoms with Crippen molar-refractivity contribution in [2.24, 2.45) is 0 Å². The Morgan fingerprint density at radius 3 is 1.38 bits per heavy atom. The fourth-order valence-electron chi connectivity index (χ4n) is 2.59. The van der Waals surface area contributed by atoms with E-state index in [2.05, 4.69) is 80.9 Å². The largest absolute Gasteiger partial charge is 0.269 e. The van der Waals surface area contributed by atoms with Crippen LogP contribution >= 0.6 is 6.19 Å². The van der Waals surface area contributed by atoms with Crippen LogP contribution in [-0.4, -0.2) is 17.8 Å². The second kappa shape index (κ2) is 6.87. The monoisotopic (exact) mass is 317 g/mol. The van der Waals surface area contributed by atoms with Gasteiger partial charge >= 0.3 is 0 Å². The highest BCUT2D eigenvalue weighted by atomic mass is 32.4. The molecule has 0 atom stereocenters. The average Bonchev–Trinajstić information content (AvgIpc) is 2.49. The summed E-state index contributed by atoms with van der Waals surface area (Å²) >= 11 is 6.28. The van der Waals surface area contributed by atoms with E-state index in [1.54, 1.807) is 0 Å². The van der Waals surface area contributed by atoms with Crippen LogP contribution in [0.5, 0.6) is 0 Å². The molecule has 0 radical (unpaired) electrons. The standard InChI is InChI=1S/C18H24NPS/c1-5-19(6-2)20(21,17-11-7-15(3)8-12-17)18-13-9-16(4)10-14-18/h7-14H,5-6H2,1-4H3. The van der Waals surface area contributed by atoms with Gasteiger partial charge in [-0.1, -0.05) is 85.3 Å². The lowest BCUT2D eigenvalue weighted by atomic mass is 10.2. The smallest absolute Gasteiger partial charge is 0.0709 e. The molecular formula is C18H24NPS. The molecular weight excluding hydrogens is 293 g/mol. The molecule has 0 aliphatic rings. The van der Waals surface area contributed by atoms with Crippen LogP contribution in [0.2, 0.25) is 0 Å². The van der Waals surface area contributed by atoms with Crippen LogP contribution in [-0.2, 0) is 11.8 Å². The van der Waals surface area contributed by atoms with Gasteiger partial charge in [0.2, 0.25) is 0 Å². The highest BCUT2D eigenvalue weighted by Crippen LogP contribution is 2.47. The van der Waals surface area contributed by atoms with Crippen molar-refractivity contribution in [2.75, 3.05) is 13.1 Å². The van der Waals surface area contributed by atoms with E-state index in [1.807, 2.05) is 0 Å². The third-order valence-electron chi connectivity index (χ3n) is 3.90. The van der Waals surface area contributed by atoms with Crippen LogP contribution in [0.15, 0.2) is 48.5 Å². The summed E-state index contributed by atoms with van der Waals surface area (Å²) in [4.78, 5) is 0. The molecule has 0 N–H and O–H groups in total. The van der Waals surface area contributed by atoms with Gasteiger partial charge in [-0.15, -0.1) is 0 Å². The molecule has 0 amide bonds. The summed E-state index contributed by atoms with van der Waals surface area (Å²) in [6.07, 6.45) is -1.91. The summed E-state index contributed by atoms with van der Waals surface area (Å²) in [6.45, 7) is 10.6. The molecule has 0 aromatic heterocycles. The third-order valence-corrected chi connectivity index (χ3v) is 9.21. The van der Waals surface area contributed by atoms with Crippen molar-refractivity contribution in [1.29, 1.82) is 0 Å². The number of hydrogen-bond acceptors (Lipinski definition) is 1. The van der Waals surface area contributed by atoms with Crippen molar-refractivity contribution in [2.45, 2.75) is 27.7 Å². The lowest BCUT2D eigenvalue weighted by Gasteiger charge is -2.34. The van der Waals surface area contributed by atoms with Crippen molar-refractivity contribution in [3.05, 3.63) is 59.7 Å². The van der Waals surface area contributed by atoms with Gasteiger partial charge in [0, 0.05) is 23.7 Å². The van der Waals surface area contributed by atoms with E-state index < -0.39 is 6.19 Å². The van der Waals surface area contributed by atoms with Gasteiger partial charge in [0.25, 0.3) is 0 Å². The Hall–Kier alpha value is -0.950. The SMILES string of the molecule is CCN(CC)P(=S)(c1ccc(C)cc1)c1ccc(C)cc1. The van der Waals surface area contributed by atoms with E-state index in [-0.39, 0.29) is 0 Å². The van der Waals surface area contributed by atoms with Crippen LogP contribution in [0.4, 0.5) is 0 Å². The van der Waals surface area contributed by atoms with Gasteiger partial charge in [-0.2, -0.15) is 0 Å². The first-order valence-electron chi connectivity index (χ1n) is 7.52. The number of rotatable bonds is 5. The van der Waals surface area contributed by atoms with Crippen molar-refractivity contribution in [3.8, 4) is 0 Å². The van der Waals surface area contributed by atoms with Gasteiger partial charge < -0.3 is 0 Å². The zero-order valence-corrected chi connectivity index (χ0v) is 15.0. The summed E-state index contributed by atoms with van der Waals surface area (Å²) < 4.78 is 2.46. The summed E-state index contributed by atoms with van der Waals surface area (Å²) in [5.41, 5.74) is 2.56. The molecule has 2 aromatic rings. The maximum Gasteiger partial charge on any atom is 0.0709 e. The summed E-state index contributed by atoms with van der Waals surface area (Å²) in [5, 5.41) is 2.58. The van der Waals surface area contributed by atoms with E-state index >= 15 is 0 Å². The van der Waals surface area contributed by atoms with Crippen molar-refractivity contribution in [1.82, 2.24) is 4.67 Å². The first-order chi connectivity index (χ1) is 10.0. The average molecular weight is 317 g/mol. The summed E-state index contributed by atoms with van der Waals surface area (Å²) in [7, 11) is 0. The molecule has 2 rings (SSSR count). The van der Waals surface area contributed by atoms with Gasteiger partial charge in [0.15, 0.2) is 0 Å². The van der Waals surface area contributed by atoms with Gasteiger partial charge in [-0.3, -0.25) is 4.67 Å². The quantitative estimate of drug-likeness (QED) is 0.767. The molecule has 21 heavy (non-hydrogen) atoms. The minimum absolute atomic E-state index is 0.982. The van der Waals surface area contributed by atoms with Crippen molar-refractivity contribution < 1.29 is 0 Å². The zero-order chi connectivity index (χ0) is 15.5. The lowest BCUT2D eigenvalue weighted by Crippen LogP contribution is -2.32. The molecule has 2 aromatic carbocycles. The van der Waals surface area contributed by atoms with E-state index in [1.165, 1.54) is 21.7 Å². The Balaban J connectivity index is 2.61. The van der Waals surface area contributed by atoms with Gasteiger partial charge in [0.1, 0.15) is 0 Å². The Morgan fingerprint density at radius 2 is 1.10 bits per heavy atom. The number of hydrogen-bond donors (Lipinski definition) is 0. The normalized spacial score (nSPS) is 11.9. The molecule has 0 bridgehead atoms. The first kappa shape index (κ1) is 16.4. The maximum atomic E-state index is 6.28. The number of aryl methyl sites for hydroxylation is 2. The highest BCUT2D eigenvalue weighted by Gasteiger charge is 2.27. The van der Waals surface area contributed by atoms with Crippen LogP contribution in [0.25, 0.3) is 0 Å². The second-order valence-electron chi connectivity index (χ2n) is 5.39. The Kier molecular flexibility index (Phi) is 5.37. The summed E-state index contributed by atoms with van der Waals surface area (Å²) in [5.74, 6) is 0.